The number of benzene rings is 2. The van der Waals surface area contributed by atoms with E-state index in [0.717, 1.165) is 44.1 Å². The fourth-order valence-corrected chi connectivity index (χ4v) is 6.49. The monoisotopic (exact) mass is 607 g/mol. The van der Waals surface area contributed by atoms with Crippen LogP contribution in [-0.4, -0.2) is 48.7 Å². The van der Waals surface area contributed by atoms with Crippen LogP contribution in [0.25, 0.3) is 0 Å². The minimum absolute atomic E-state index is 0.0337. The van der Waals surface area contributed by atoms with Gasteiger partial charge in [0, 0.05) is 11.1 Å². The number of H-pyrrole nitrogens is 1. The second-order valence-corrected chi connectivity index (χ2v) is 12.9. The summed E-state index contributed by atoms with van der Waals surface area (Å²) in [6.07, 6.45) is 5.11. The van der Waals surface area contributed by atoms with Crippen molar-refractivity contribution in [3.8, 4) is 0 Å². The Bertz CT molecular complexity index is 1470. The Hall–Kier alpha value is -3.66. The Balaban J connectivity index is 1.48. The minimum Gasteiger partial charge on any atom is -0.345 e. The topological polar surface area (TPSA) is 116 Å². The molecular weight excluding hydrogens is 569 g/mol. The first-order valence-electron chi connectivity index (χ1n) is 15.1. The van der Waals surface area contributed by atoms with E-state index in [1.807, 2.05) is 17.0 Å². The van der Waals surface area contributed by atoms with Gasteiger partial charge in [-0.15, -0.1) is 10.2 Å². The van der Waals surface area contributed by atoms with Crippen molar-refractivity contribution in [3.05, 3.63) is 75.8 Å². The molecule has 2 amide bonds. The molecule has 3 aromatic rings. The smallest absolute Gasteiger partial charge is 0.275 e. The number of nitrogens with one attached hydrogen (secondary N) is 2. The van der Waals surface area contributed by atoms with Crippen LogP contribution < -0.4 is 5.32 Å². The van der Waals surface area contributed by atoms with Crippen LogP contribution in [0.15, 0.2) is 47.5 Å². The van der Waals surface area contributed by atoms with Crippen molar-refractivity contribution in [2.45, 2.75) is 84.5 Å². The van der Waals surface area contributed by atoms with Crippen LogP contribution in [0.2, 0.25) is 5.02 Å². The van der Waals surface area contributed by atoms with Gasteiger partial charge in [-0.05, 0) is 92.2 Å². The summed E-state index contributed by atoms with van der Waals surface area (Å²) in [6.45, 7) is 9.00. The van der Waals surface area contributed by atoms with E-state index in [-0.39, 0.29) is 29.4 Å². The Kier molecular flexibility index (Phi) is 9.25. The van der Waals surface area contributed by atoms with Gasteiger partial charge in [0.05, 0.1) is 17.6 Å². The van der Waals surface area contributed by atoms with Gasteiger partial charge >= 0.3 is 0 Å². The second-order valence-electron chi connectivity index (χ2n) is 12.4. The van der Waals surface area contributed by atoms with E-state index in [9.17, 15) is 14.0 Å². The van der Waals surface area contributed by atoms with Gasteiger partial charge in [0.1, 0.15) is 17.2 Å². The summed E-state index contributed by atoms with van der Waals surface area (Å²) in [6, 6.07) is 11.6. The molecule has 11 heteroatoms. The standard InChI is InChI=1S/C32H39ClFN7O2/c1-19(2)5-12-27(22-6-8-23(9-7-22)30(42)35-18-28-37-39-40-38-28)41-31(43)29(24-10-11-26(34)25(33)17-24)36-32(41)15-13-21(14-16-32)20(3)4/h6-11,17,19-21,27H,5,12-16,18H2,1-4H3,(H,35,42)(H,37,38,39,40)/t21?,27-,32?/m1/s1. The average molecular weight is 608 g/mol. The molecule has 9 nitrogen and oxygen atoms in total. The van der Waals surface area contributed by atoms with Crippen LogP contribution >= 0.6 is 11.6 Å². The maximum Gasteiger partial charge on any atom is 0.275 e. The zero-order valence-electron chi connectivity index (χ0n) is 25.1. The molecular formula is C32H39ClFN7O2. The minimum atomic E-state index is -0.693. The quantitative estimate of drug-likeness (QED) is 0.282. The fraction of sp³-hybridized carbons (Fsp3) is 0.500. The van der Waals surface area contributed by atoms with Crippen LogP contribution in [0, 0.1) is 23.6 Å². The maximum absolute atomic E-state index is 14.4. The zero-order chi connectivity index (χ0) is 30.7. The molecule has 0 bridgehead atoms. The van der Waals surface area contributed by atoms with Gasteiger partial charge in [0.25, 0.3) is 11.8 Å². The summed E-state index contributed by atoms with van der Waals surface area (Å²) in [5.41, 5.74) is 1.61. The molecule has 2 N–H and O–H groups in total. The number of hydrogen-bond acceptors (Lipinski definition) is 6. The summed E-state index contributed by atoms with van der Waals surface area (Å²) in [5.74, 6) is 0.994. The molecule has 5 rings (SSSR count). The van der Waals surface area contributed by atoms with Gasteiger partial charge in [-0.25, -0.2) is 4.39 Å². The van der Waals surface area contributed by atoms with Gasteiger partial charge in [0.15, 0.2) is 5.82 Å². The largest absolute Gasteiger partial charge is 0.345 e. The third kappa shape index (κ3) is 6.64. The molecule has 1 atom stereocenters. The molecule has 228 valence electrons. The van der Waals surface area contributed by atoms with Crippen LogP contribution in [-0.2, 0) is 11.3 Å². The Labute approximate surface area is 256 Å². The van der Waals surface area contributed by atoms with E-state index in [1.165, 1.54) is 12.1 Å². The molecule has 0 radical (unpaired) electrons. The van der Waals surface area contributed by atoms with Crippen LogP contribution in [0.4, 0.5) is 4.39 Å². The number of carbonyl (C=O) groups is 2. The van der Waals surface area contributed by atoms with E-state index in [4.69, 9.17) is 16.6 Å². The molecule has 1 aliphatic carbocycles. The molecule has 1 spiro atoms. The average Bonchev–Trinajstić information content (AvgIpc) is 3.61. The zero-order valence-corrected chi connectivity index (χ0v) is 25.9. The highest BCUT2D eigenvalue weighted by Crippen LogP contribution is 2.48. The molecule has 1 fully saturated rings. The van der Waals surface area contributed by atoms with Crippen molar-refractivity contribution < 1.29 is 14.0 Å². The van der Waals surface area contributed by atoms with E-state index >= 15 is 0 Å². The van der Waals surface area contributed by atoms with Crippen molar-refractivity contribution in [1.29, 1.82) is 0 Å². The number of aromatic nitrogens is 4. The predicted octanol–water partition coefficient (Wildman–Crippen LogP) is 6.27. The third-order valence-electron chi connectivity index (χ3n) is 8.84. The number of hydrogen-bond donors (Lipinski definition) is 2. The van der Waals surface area contributed by atoms with Crippen molar-refractivity contribution in [3.63, 3.8) is 0 Å². The van der Waals surface area contributed by atoms with E-state index in [1.54, 1.807) is 18.2 Å². The van der Waals surface area contributed by atoms with E-state index in [0.29, 0.717) is 40.4 Å². The number of tetrazole rings is 1. The molecule has 1 aliphatic heterocycles. The number of halogens is 2. The number of carbonyl (C=O) groups excluding carboxylic acids is 2. The molecule has 1 saturated carbocycles. The van der Waals surface area contributed by atoms with Crippen molar-refractivity contribution >= 4 is 29.1 Å². The first kappa shape index (κ1) is 30.8. The Morgan fingerprint density at radius 3 is 2.44 bits per heavy atom. The number of aromatic amines is 1. The SMILES string of the molecule is CC(C)CC[C@H](c1ccc(C(=O)NCc2nn[nH]n2)cc1)N1C(=O)C(c2ccc(F)c(Cl)c2)=NC12CCC(C(C)C)CC2. The predicted molar refractivity (Wildman–Crippen MR) is 163 cm³/mol. The van der Waals surface area contributed by atoms with Gasteiger partial charge in [-0.3, -0.25) is 14.6 Å². The summed E-state index contributed by atoms with van der Waals surface area (Å²) in [7, 11) is 0. The number of rotatable bonds is 10. The Morgan fingerprint density at radius 2 is 1.84 bits per heavy atom. The highest BCUT2D eigenvalue weighted by molar-refractivity contribution is 6.47. The number of nitrogens with zero attached hydrogens (tertiary/aromatic N) is 5. The van der Waals surface area contributed by atoms with Crippen LogP contribution in [0.1, 0.15) is 99.6 Å². The lowest BCUT2D eigenvalue weighted by atomic mass is 9.75. The molecule has 2 heterocycles. The second kappa shape index (κ2) is 12.9. The first-order valence-corrected chi connectivity index (χ1v) is 15.4. The molecule has 43 heavy (non-hydrogen) atoms. The molecule has 0 saturated heterocycles. The van der Waals surface area contributed by atoms with Crippen LogP contribution in [0.3, 0.4) is 0 Å². The van der Waals surface area contributed by atoms with E-state index < -0.39 is 11.5 Å². The highest BCUT2D eigenvalue weighted by Gasteiger charge is 2.52. The maximum atomic E-state index is 14.4. The lowest BCUT2D eigenvalue weighted by molar-refractivity contribution is -0.133. The highest BCUT2D eigenvalue weighted by atomic mass is 35.5. The van der Waals surface area contributed by atoms with Crippen molar-refractivity contribution in [1.82, 2.24) is 30.8 Å². The number of aliphatic imine (C=N–C) groups is 1. The summed E-state index contributed by atoms with van der Waals surface area (Å²) < 4.78 is 14.1. The lowest BCUT2D eigenvalue weighted by Gasteiger charge is -2.46. The summed E-state index contributed by atoms with van der Waals surface area (Å²) in [5, 5.41) is 16.4. The molecule has 2 aromatic carbocycles. The van der Waals surface area contributed by atoms with Crippen molar-refractivity contribution in [2.24, 2.45) is 22.7 Å². The molecule has 1 aromatic heterocycles. The first-order chi connectivity index (χ1) is 20.6. The van der Waals surface area contributed by atoms with Gasteiger partial charge in [0.2, 0.25) is 0 Å². The Morgan fingerprint density at radius 1 is 1.12 bits per heavy atom. The van der Waals surface area contributed by atoms with Gasteiger partial charge in [-0.1, -0.05) is 56.6 Å². The van der Waals surface area contributed by atoms with E-state index in [2.05, 4.69) is 53.6 Å². The van der Waals surface area contributed by atoms with Crippen molar-refractivity contribution in [2.75, 3.05) is 0 Å². The normalized spacial score (nSPS) is 21.1. The van der Waals surface area contributed by atoms with Crippen LogP contribution in [0.5, 0.6) is 0 Å². The lowest BCUT2D eigenvalue weighted by Crippen LogP contribution is -2.51. The number of amides is 2. The molecule has 0 unspecified atom stereocenters. The summed E-state index contributed by atoms with van der Waals surface area (Å²) in [4.78, 5) is 34.4. The fourth-order valence-electron chi connectivity index (χ4n) is 6.31. The summed E-state index contributed by atoms with van der Waals surface area (Å²) >= 11 is 6.14. The molecule has 2 aliphatic rings. The van der Waals surface area contributed by atoms with Gasteiger partial charge in [-0.2, -0.15) is 5.21 Å². The van der Waals surface area contributed by atoms with Gasteiger partial charge < -0.3 is 10.2 Å². The third-order valence-corrected chi connectivity index (χ3v) is 9.13.